The van der Waals surface area contributed by atoms with Crippen LogP contribution in [0.3, 0.4) is 0 Å². The van der Waals surface area contributed by atoms with Crippen molar-refractivity contribution in [1.29, 1.82) is 0 Å². The summed E-state index contributed by atoms with van der Waals surface area (Å²) in [5, 5.41) is 0. The smallest absolute Gasteiger partial charge is 0.225 e. The first-order chi connectivity index (χ1) is 7.88. The van der Waals surface area contributed by atoms with Gasteiger partial charge in [-0.15, -0.1) is 0 Å². The minimum Gasteiger partial charge on any atom is -0.341 e. The maximum Gasteiger partial charge on any atom is 0.225 e. The molecule has 1 amide bonds. The van der Waals surface area contributed by atoms with Crippen LogP contribution in [0.5, 0.6) is 0 Å². The summed E-state index contributed by atoms with van der Waals surface area (Å²) < 4.78 is 0. The number of nitrogens with zero attached hydrogens (tertiary/aromatic N) is 2. The Labute approximate surface area is 106 Å². The summed E-state index contributed by atoms with van der Waals surface area (Å²) >= 11 is 0. The van der Waals surface area contributed by atoms with Gasteiger partial charge in [0.1, 0.15) is 0 Å². The summed E-state index contributed by atoms with van der Waals surface area (Å²) in [5.74, 6) is 0.790. The first-order valence-electron chi connectivity index (χ1n) is 6.52. The fourth-order valence-electron chi connectivity index (χ4n) is 1.74. The Morgan fingerprint density at radius 3 is 2.18 bits per heavy atom. The molecule has 0 aromatic rings. The number of amides is 1. The second-order valence-corrected chi connectivity index (χ2v) is 5.46. The maximum absolute atomic E-state index is 12.2. The van der Waals surface area contributed by atoms with Gasteiger partial charge in [-0.25, -0.2) is 0 Å². The Hall–Kier alpha value is -0.610. The first kappa shape index (κ1) is 16.4. The highest BCUT2D eigenvalue weighted by Crippen LogP contribution is 2.09. The molecule has 0 heterocycles. The molecule has 1 unspecified atom stereocenters. The van der Waals surface area contributed by atoms with E-state index in [0.29, 0.717) is 12.5 Å². The van der Waals surface area contributed by atoms with Crippen LogP contribution in [0.2, 0.25) is 0 Å². The van der Waals surface area contributed by atoms with Gasteiger partial charge in [-0.1, -0.05) is 20.8 Å². The highest BCUT2D eigenvalue weighted by atomic mass is 16.2. The highest BCUT2D eigenvalue weighted by molar-refractivity contribution is 5.78. The minimum atomic E-state index is 0.0425. The van der Waals surface area contributed by atoms with Crippen molar-refractivity contribution in [2.75, 3.05) is 40.3 Å². The Morgan fingerprint density at radius 2 is 1.76 bits per heavy atom. The van der Waals surface area contributed by atoms with E-state index in [1.54, 1.807) is 0 Å². The average Bonchev–Trinajstić information content (AvgIpc) is 2.22. The van der Waals surface area contributed by atoms with Crippen molar-refractivity contribution < 1.29 is 4.79 Å². The zero-order valence-electron chi connectivity index (χ0n) is 12.1. The van der Waals surface area contributed by atoms with Crippen LogP contribution in [0.4, 0.5) is 0 Å². The van der Waals surface area contributed by atoms with Crippen molar-refractivity contribution in [3.63, 3.8) is 0 Å². The van der Waals surface area contributed by atoms with E-state index in [4.69, 9.17) is 5.73 Å². The molecule has 4 nitrogen and oxygen atoms in total. The fourth-order valence-corrected chi connectivity index (χ4v) is 1.74. The number of likely N-dealkylation sites (N-methyl/N-ethyl adjacent to an activating group) is 1. The van der Waals surface area contributed by atoms with E-state index >= 15 is 0 Å². The number of hydrogen-bond acceptors (Lipinski definition) is 3. The van der Waals surface area contributed by atoms with E-state index in [0.717, 1.165) is 26.1 Å². The molecule has 0 saturated carbocycles. The molecule has 4 heteroatoms. The number of carbonyl (C=O) groups is 1. The largest absolute Gasteiger partial charge is 0.341 e. The van der Waals surface area contributed by atoms with Gasteiger partial charge < -0.3 is 15.5 Å². The molecule has 0 saturated heterocycles. The number of nitrogens with two attached hydrogens (primary N) is 1. The molecule has 0 fully saturated rings. The molecule has 0 bridgehead atoms. The van der Waals surface area contributed by atoms with Crippen molar-refractivity contribution in [2.45, 2.75) is 27.2 Å². The summed E-state index contributed by atoms with van der Waals surface area (Å²) in [6, 6.07) is 0. The predicted molar refractivity (Wildman–Crippen MR) is 72.8 cm³/mol. The van der Waals surface area contributed by atoms with Crippen LogP contribution in [0, 0.1) is 11.8 Å². The summed E-state index contributed by atoms with van der Waals surface area (Å²) in [5.41, 5.74) is 5.51. The van der Waals surface area contributed by atoms with Gasteiger partial charge in [0.15, 0.2) is 0 Å². The molecule has 0 aromatic heterocycles. The van der Waals surface area contributed by atoms with Gasteiger partial charge in [0, 0.05) is 25.6 Å². The highest BCUT2D eigenvalue weighted by Gasteiger charge is 2.20. The third kappa shape index (κ3) is 7.34. The second-order valence-electron chi connectivity index (χ2n) is 5.46. The van der Waals surface area contributed by atoms with Crippen LogP contribution in [-0.4, -0.2) is 56.0 Å². The summed E-state index contributed by atoms with van der Waals surface area (Å²) in [4.78, 5) is 16.3. The van der Waals surface area contributed by atoms with Gasteiger partial charge in [0.2, 0.25) is 5.91 Å². The molecule has 0 aliphatic carbocycles. The third-order valence-corrected chi connectivity index (χ3v) is 2.74. The van der Waals surface area contributed by atoms with Crippen molar-refractivity contribution in [2.24, 2.45) is 17.6 Å². The molecule has 0 aromatic carbocycles. The van der Waals surface area contributed by atoms with Crippen LogP contribution >= 0.6 is 0 Å². The zero-order valence-corrected chi connectivity index (χ0v) is 12.1. The van der Waals surface area contributed by atoms with E-state index in [1.165, 1.54) is 0 Å². The molecule has 2 N–H and O–H groups in total. The van der Waals surface area contributed by atoms with Crippen LogP contribution in [-0.2, 0) is 4.79 Å². The molecule has 0 aliphatic heterocycles. The van der Waals surface area contributed by atoms with Gasteiger partial charge in [-0.2, -0.15) is 0 Å². The summed E-state index contributed by atoms with van der Waals surface area (Å²) in [6.45, 7) is 9.38. The fraction of sp³-hybridized carbons (Fsp3) is 0.923. The molecule has 0 rings (SSSR count). The molecular weight excluding hydrogens is 214 g/mol. The summed E-state index contributed by atoms with van der Waals surface area (Å²) in [7, 11) is 4.06. The lowest BCUT2D eigenvalue weighted by molar-refractivity contribution is -0.135. The van der Waals surface area contributed by atoms with Crippen molar-refractivity contribution >= 4 is 5.91 Å². The molecule has 1 atom stereocenters. The number of rotatable bonds is 8. The van der Waals surface area contributed by atoms with Gasteiger partial charge in [0.25, 0.3) is 0 Å². The second kappa shape index (κ2) is 8.48. The topological polar surface area (TPSA) is 49.6 Å². The van der Waals surface area contributed by atoms with Crippen LogP contribution in [0.15, 0.2) is 0 Å². The third-order valence-electron chi connectivity index (χ3n) is 2.74. The van der Waals surface area contributed by atoms with Crippen LogP contribution in [0.1, 0.15) is 27.2 Å². The number of carbonyl (C=O) groups excluding carboxylic acids is 1. The van der Waals surface area contributed by atoms with E-state index in [1.807, 2.05) is 25.9 Å². The Kier molecular flexibility index (Phi) is 8.17. The lowest BCUT2D eigenvalue weighted by atomic mass is 10.1. The Bertz CT molecular complexity index is 217. The van der Waals surface area contributed by atoms with E-state index < -0.39 is 0 Å². The van der Waals surface area contributed by atoms with Crippen molar-refractivity contribution in [3.05, 3.63) is 0 Å². The van der Waals surface area contributed by atoms with Gasteiger partial charge in [0.05, 0.1) is 0 Å². The molecular formula is C13H29N3O. The SMILES string of the molecule is CC(C)CN(CCN(C)C)C(=O)C(C)CCN. The van der Waals surface area contributed by atoms with Crippen LogP contribution < -0.4 is 5.73 Å². The molecule has 0 radical (unpaired) electrons. The molecule has 0 aliphatic rings. The zero-order chi connectivity index (χ0) is 13.4. The predicted octanol–water partition coefficient (Wildman–Crippen LogP) is 1.02. The Morgan fingerprint density at radius 1 is 1.18 bits per heavy atom. The van der Waals surface area contributed by atoms with Crippen molar-refractivity contribution in [3.8, 4) is 0 Å². The molecule has 17 heavy (non-hydrogen) atoms. The Balaban J connectivity index is 4.38. The summed E-state index contributed by atoms with van der Waals surface area (Å²) in [6.07, 6.45) is 0.773. The van der Waals surface area contributed by atoms with Crippen molar-refractivity contribution in [1.82, 2.24) is 9.80 Å². The quantitative estimate of drug-likeness (QED) is 0.692. The lowest BCUT2D eigenvalue weighted by Gasteiger charge is -2.28. The van der Waals surface area contributed by atoms with E-state index in [9.17, 15) is 4.79 Å². The van der Waals surface area contributed by atoms with Gasteiger partial charge in [-0.05, 0) is 33.0 Å². The average molecular weight is 243 g/mol. The monoisotopic (exact) mass is 243 g/mol. The number of hydrogen-bond donors (Lipinski definition) is 1. The molecule has 102 valence electrons. The van der Waals surface area contributed by atoms with Gasteiger partial charge >= 0.3 is 0 Å². The van der Waals surface area contributed by atoms with Crippen LogP contribution in [0.25, 0.3) is 0 Å². The minimum absolute atomic E-state index is 0.0425. The first-order valence-corrected chi connectivity index (χ1v) is 6.52. The van der Waals surface area contributed by atoms with E-state index in [2.05, 4.69) is 18.7 Å². The lowest BCUT2D eigenvalue weighted by Crippen LogP contribution is -2.42. The normalized spacial score (nSPS) is 13.2. The van der Waals surface area contributed by atoms with E-state index in [-0.39, 0.29) is 11.8 Å². The van der Waals surface area contributed by atoms with Gasteiger partial charge in [-0.3, -0.25) is 4.79 Å². The standard InChI is InChI=1S/C13H29N3O/c1-11(2)10-16(9-8-15(4)5)13(17)12(3)6-7-14/h11-12H,6-10,14H2,1-5H3. The maximum atomic E-state index is 12.2. The molecule has 0 spiro atoms.